The summed E-state index contributed by atoms with van der Waals surface area (Å²) in [5.41, 5.74) is 5.76. The van der Waals surface area contributed by atoms with Crippen molar-refractivity contribution in [1.82, 2.24) is 5.32 Å². The first-order valence-corrected chi connectivity index (χ1v) is 5.70. The van der Waals surface area contributed by atoms with Crippen molar-refractivity contribution in [2.24, 2.45) is 5.73 Å². The van der Waals surface area contributed by atoms with E-state index < -0.39 is 0 Å². The van der Waals surface area contributed by atoms with Crippen LogP contribution in [0.4, 0.5) is 0 Å². The van der Waals surface area contributed by atoms with Gasteiger partial charge in [0.05, 0.1) is 5.56 Å². The number of primary amides is 1. The molecule has 1 heterocycles. The first kappa shape index (κ1) is 11.2. The Bertz CT molecular complexity index is 296. The van der Waals surface area contributed by atoms with Gasteiger partial charge in [0.25, 0.3) is 0 Å². The van der Waals surface area contributed by atoms with Crippen LogP contribution in [-0.4, -0.2) is 12.5 Å². The fourth-order valence-corrected chi connectivity index (χ4v) is 1.96. The van der Waals surface area contributed by atoms with Crippen LogP contribution >= 0.6 is 11.3 Å². The highest BCUT2D eigenvalue weighted by molar-refractivity contribution is 7.10. The van der Waals surface area contributed by atoms with Crippen LogP contribution in [0.1, 0.15) is 35.0 Å². The van der Waals surface area contributed by atoms with E-state index in [-0.39, 0.29) is 5.91 Å². The molecule has 4 heteroatoms. The predicted octanol–water partition coefficient (Wildman–Crippen LogP) is 1.74. The van der Waals surface area contributed by atoms with Crippen molar-refractivity contribution in [3.63, 3.8) is 0 Å². The predicted molar refractivity (Wildman–Crippen MR) is 59.5 cm³/mol. The number of hydrogen-bond acceptors (Lipinski definition) is 3. The van der Waals surface area contributed by atoms with Crippen LogP contribution in [0.5, 0.6) is 0 Å². The Morgan fingerprint density at radius 2 is 2.43 bits per heavy atom. The minimum Gasteiger partial charge on any atom is -0.366 e. The summed E-state index contributed by atoms with van der Waals surface area (Å²) in [4.78, 5) is 12.0. The number of nitrogens with two attached hydrogens (primary N) is 1. The summed E-state index contributed by atoms with van der Waals surface area (Å²) < 4.78 is 0. The Morgan fingerprint density at radius 3 is 3.00 bits per heavy atom. The van der Waals surface area contributed by atoms with Crippen LogP contribution in [0.3, 0.4) is 0 Å². The number of rotatable bonds is 6. The number of carbonyl (C=O) groups excluding carboxylic acids is 1. The maximum Gasteiger partial charge on any atom is 0.249 e. The summed E-state index contributed by atoms with van der Waals surface area (Å²) in [5, 5.41) is 5.12. The molecule has 0 saturated heterocycles. The molecule has 1 aromatic rings. The molecule has 0 bridgehead atoms. The molecule has 1 rings (SSSR count). The summed E-state index contributed by atoms with van der Waals surface area (Å²) >= 11 is 1.57. The average molecular weight is 212 g/mol. The van der Waals surface area contributed by atoms with Crippen molar-refractivity contribution in [3.05, 3.63) is 21.9 Å². The number of hydrogen-bond donors (Lipinski definition) is 2. The normalized spacial score (nSPS) is 10.4. The lowest BCUT2D eigenvalue weighted by Crippen LogP contribution is -2.13. The second-order valence-electron chi connectivity index (χ2n) is 3.20. The first-order valence-electron chi connectivity index (χ1n) is 4.82. The Balaban J connectivity index is 2.33. The van der Waals surface area contributed by atoms with Gasteiger partial charge in [-0.15, -0.1) is 11.3 Å². The van der Waals surface area contributed by atoms with Gasteiger partial charge >= 0.3 is 0 Å². The lowest BCUT2D eigenvalue weighted by Gasteiger charge is -1.99. The van der Waals surface area contributed by atoms with Crippen LogP contribution in [0.25, 0.3) is 0 Å². The summed E-state index contributed by atoms with van der Waals surface area (Å²) in [6.07, 6.45) is 2.39. The van der Waals surface area contributed by atoms with Crippen LogP contribution in [0.2, 0.25) is 0 Å². The molecule has 0 radical (unpaired) electrons. The van der Waals surface area contributed by atoms with Gasteiger partial charge in [0, 0.05) is 16.8 Å². The maximum atomic E-state index is 10.8. The summed E-state index contributed by atoms with van der Waals surface area (Å²) in [7, 11) is 0. The molecule has 0 saturated carbocycles. The van der Waals surface area contributed by atoms with Crippen molar-refractivity contribution in [1.29, 1.82) is 0 Å². The molecular weight excluding hydrogens is 196 g/mol. The molecule has 3 nitrogen and oxygen atoms in total. The number of amides is 1. The SMILES string of the molecule is CCCCNCc1cc(C(N)=O)cs1. The minimum atomic E-state index is -0.346. The van der Waals surface area contributed by atoms with E-state index in [1.807, 2.05) is 6.07 Å². The topological polar surface area (TPSA) is 55.1 Å². The molecule has 78 valence electrons. The van der Waals surface area contributed by atoms with Crippen molar-refractivity contribution in [3.8, 4) is 0 Å². The number of unbranched alkanes of at least 4 members (excludes halogenated alkanes) is 1. The third kappa shape index (κ3) is 3.47. The van der Waals surface area contributed by atoms with E-state index in [4.69, 9.17) is 5.73 Å². The van der Waals surface area contributed by atoms with E-state index in [0.29, 0.717) is 5.56 Å². The molecule has 0 aliphatic rings. The van der Waals surface area contributed by atoms with E-state index in [1.165, 1.54) is 12.8 Å². The molecule has 1 amide bonds. The zero-order valence-electron chi connectivity index (χ0n) is 8.38. The number of nitrogens with one attached hydrogen (secondary N) is 1. The summed E-state index contributed by atoms with van der Waals surface area (Å²) in [6, 6.07) is 1.85. The van der Waals surface area contributed by atoms with Gasteiger partial charge in [-0.3, -0.25) is 4.79 Å². The largest absolute Gasteiger partial charge is 0.366 e. The van der Waals surface area contributed by atoms with Crippen LogP contribution in [0, 0.1) is 0 Å². The third-order valence-corrected chi connectivity index (χ3v) is 2.88. The van der Waals surface area contributed by atoms with Crippen molar-refractivity contribution in [2.45, 2.75) is 26.3 Å². The Morgan fingerprint density at radius 1 is 1.64 bits per heavy atom. The van der Waals surface area contributed by atoms with Crippen LogP contribution in [0.15, 0.2) is 11.4 Å². The van der Waals surface area contributed by atoms with Gasteiger partial charge < -0.3 is 11.1 Å². The van der Waals surface area contributed by atoms with Gasteiger partial charge in [0.15, 0.2) is 0 Å². The van der Waals surface area contributed by atoms with E-state index in [9.17, 15) is 4.79 Å². The lowest BCUT2D eigenvalue weighted by molar-refractivity contribution is 0.100. The highest BCUT2D eigenvalue weighted by atomic mass is 32.1. The van der Waals surface area contributed by atoms with Crippen LogP contribution < -0.4 is 11.1 Å². The van der Waals surface area contributed by atoms with E-state index >= 15 is 0 Å². The molecule has 0 fully saturated rings. The standard InChI is InChI=1S/C10H16N2OS/c1-2-3-4-12-6-9-5-8(7-14-9)10(11)13/h5,7,12H,2-4,6H2,1H3,(H2,11,13). The summed E-state index contributed by atoms with van der Waals surface area (Å²) in [6.45, 7) is 4.02. The van der Waals surface area contributed by atoms with Crippen molar-refractivity contribution in [2.75, 3.05) is 6.54 Å². The molecule has 1 aromatic heterocycles. The Labute approximate surface area is 88.3 Å². The molecule has 14 heavy (non-hydrogen) atoms. The summed E-state index contributed by atoms with van der Waals surface area (Å²) in [5.74, 6) is -0.346. The van der Waals surface area contributed by atoms with Gasteiger partial charge in [-0.05, 0) is 19.0 Å². The van der Waals surface area contributed by atoms with Gasteiger partial charge in [0.1, 0.15) is 0 Å². The van der Waals surface area contributed by atoms with E-state index in [2.05, 4.69) is 12.2 Å². The second-order valence-corrected chi connectivity index (χ2v) is 4.19. The van der Waals surface area contributed by atoms with Gasteiger partial charge in [-0.2, -0.15) is 0 Å². The van der Waals surface area contributed by atoms with Gasteiger partial charge in [-0.1, -0.05) is 13.3 Å². The minimum absolute atomic E-state index is 0.346. The molecule has 0 atom stereocenters. The lowest BCUT2D eigenvalue weighted by atomic mass is 10.3. The van der Waals surface area contributed by atoms with Crippen molar-refractivity contribution < 1.29 is 4.79 Å². The van der Waals surface area contributed by atoms with E-state index in [0.717, 1.165) is 18.0 Å². The molecule has 0 aliphatic carbocycles. The number of carbonyl (C=O) groups is 1. The van der Waals surface area contributed by atoms with Crippen molar-refractivity contribution >= 4 is 17.2 Å². The molecular formula is C10H16N2OS. The van der Waals surface area contributed by atoms with Crippen LogP contribution in [-0.2, 0) is 6.54 Å². The van der Waals surface area contributed by atoms with Gasteiger partial charge in [-0.25, -0.2) is 0 Å². The molecule has 3 N–H and O–H groups in total. The zero-order valence-corrected chi connectivity index (χ0v) is 9.19. The molecule has 0 spiro atoms. The molecule has 0 aliphatic heterocycles. The smallest absolute Gasteiger partial charge is 0.249 e. The quantitative estimate of drug-likeness (QED) is 0.706. The highest BCUT2D eigenvalue weighted by Gasteiger charge is 2.03. The maximum absolute atomic E-state index is 10.8. The average Bonchev–Trinajstić information content (AvgIpc) is 2.61. The monoisotopic (exact) mass is 212 g/mol. The highest BCUT2D eigenvalue weighted by Crippen LogP contribution is 2.13. The molecule has 0 unspecified atom stereocenters. The Hall–Kier alpha value is -0.870. The number of thiophene rings is 1. The first-order chi connectivity index (χ1) is 6.74. The third-order valence-electron chi connectivity index (χ3n) is 1.94. The fourth-order valence-electron chi connectivity index (χ4n) is 1.12. The van der Waals surface area contributed by atoms with Gasteiger partial charge in [0.2, 0.25) is 5.91 Å². The second kappa shape index (κ2) is 5.78. The fraction of sp³-hybridized carbons (Fsp3) is 0.500. The Kier molecular flexibility index (Phi) is 4.62. The van der Waals surface area contributed by atoms with E-state index in [1.54, 1.807) is 16.7 Å². The zero-order chi connectivity index (χ0) is 10.4. The molecule has 0 aromatic carbocycles.